The topological polar surface area (TPSA) is 74.6 Å². The molecule has 0 aromatic heterocycles. The molecule has 13 heavy (non-hydrogen) atoms. The van der Waals surface area contributed by atoms with Crippen LogP contribution in [0, 0.1) is 0 Å². The number of carboxylic acid groups (broad SMARTS) is 2. The molecular formula is C9H12O4. The highest BCUT2D eigenvalue weighted by Gasteiger charge is 1.76. The lowest BCUT2D eigenvalue weighted by Crippen LogP contribution is -1.82. The van der Waals surface area contributed by atoms with Gasteiger partial charge in [0, 0.05) is 6.08 Å². The van der Waals surface area contributed by atoms with Gasteiger partial charge >= 0.3 is 11.9 Å². The molecule has 0 saturated carbocycles. The first-order valence-electron chi connectivity index (χ1n) is 2.98. The molecule has 0 amide bonds. The zero-order valence-corrected chi connectivity index (χ0v) is 7.19. The summed E-state index contributed by atoms with van der Waals surface area (Å²) in [5.74, 6) is -1.99. The summed E-state index contributed by atoms with van der Waals surface area (Å²) >= 11 is 0. The summed E-state index contributed by atoms with van der Waals surface area (Å²) in [5, 5.41) is 15.4. The van der Waals surface area contributed by atoms with Crippen LogP contribution in [-0.2, 0) is 9.59 Å². The number of rotatable bonds is 2. The molecule has 0 atom stereocenters. The molecule has 0 radical (unpaired) electrons. The Morgan fingerprint density at radius 3 is 1.46 bits per heavy atom. The molecule has 0 aromatic carbocycles. The smallest absolute Gasteiger partial charge is 0.336 e. The third-order valence-electron chi connectivity index (χ3n) is 0.400. The van der Waals surface area contributed by atoms with E-state index >= 15 is 0 Å². The second-order valence-corrected chi connectivity index (χ2v) is 1.23. The largest absolute Gasteiger partial charge is 0.478 e. The maximum Gasteiger partial charge on any atom is 0.336 e. The van der Waals surface area contributed by atoms with Gasteiger partial charge in [-0.05, 0) is 0 Å². The molecule has 0 bridgehead atoms. The summed E-state index contributed by atoms with van der Waals surface area (Å²) in [6.45, 7) is 12.0. The average molecular weight is 184 g/mol. The second-order valence-electron chi connectivity index (χ2n) is 1.23. The molecule has 0 aliphatic heterocycles. The van der Waals surface area contributed by atoms with Crippen molar-refractivity contribution in [2.45, 2.75) is 0 Å². The third-order valence-corrected chi connectivity index (χ3v) is 0.400. The highest BCUT2D eigenvalue weighted by Crippen LogP contribution is 1.59. The van der Waals surface area contributed by atoms with Crippen molar-refractivity contribution in [3.8, 4) is 0 Å². The minimum Gasteiger partial charge on any atom is -0.478 e. The fourth-order valence-electron chi connectivity index (χ4n) is 0.0873. The molecule has 0 aliphatic carbocycles. The van der Waals surface area contributed by atoms with Crippen LogP contribution in [0.25, 0.3) is 0 Å². The van der Waals surface area contributed by atoms with Crippen LogP contribution in [0.1, 0.15) is 0 Å². The first kappa shape index (κ1) is 17.1. The van der Waals surface area contributed by atoms with Crippen molar-refractivity contribution >= 4 is 11.9 Å². The molecular weight excluding hydrogens is 172 g/mol. The Morgan fingerprint density at radius 1 is 1.15 bits per heavy atom. The fourth-order valence-corrected chi connectivity index (χ4v) is 0.0873. The molecule has 0 fully saturated rings. The number of carboxylic acids is 2. The molecule has 0 rings (SSSR count). The van der Waals surface area contributed by atoms with E-state index in [4.69, 9.17) is 10.2 Å². The lowest BCUT2D eigenvalue weighted by Gasteiger charge is -1.65. The maximum atomic E-state index is 9.44. The molecule has 0 aromatic rings. The van der Waals surface area contributed by atoms with Crippen molar-refractivity contribution in [3.05, 3.63) is 44.2 Å². The van der Waals surface area contributed by atoms with Crippen molar-refractivity contribution in [2.24, 2.45) is 0 Å². The summed E-state index contributed by atoms with van der Waals surface area (Å²) in [6.07, 6.45) is 1.68. The van der Waals surface area contributed by atoms with E-state index in [0.29, 0.717) is 0 Å². The van der Waals surface area contributed by atoms with Crippen molar-refractivity contribution in [2.75, 3.05) is 0 Å². The first-order valence-corrected chi connectivity index (χ1v) is 2.98. The van der Waals surface area contributed by atoms with Gasteiger partial charge in [-0.3, -0.25) is 0 Å². The fraction of sp³-hybridized carbons (Fsp3) is 0. The first-order chi connectivity index (χ1) is 6.04. The van der Waals surface area contributed by atoms with Crippen LogP contribution in [0.5, 0.6) is 0 Å². The van der Waals surface area contributed by atoms with Crippen LogP contribution in [0.3, 0.4) is 0 Å². The summed E-state index contributed by atoms with van der Waals surface area (Å²) in [6, 6.07) is 0. The van der Waals surface area contributed by atoms with Crippen LogP contribution in [0.15, 0.2) is 44.2 Å². The SMILES string of the molecule is C=C.C=C=CC(=O)O.C=CC(=O)O. The van der Waals surface area contributed by atoms with Gasteiger partial charge in [0.05, 0.1) is 6.08 Å². The van der Waals surface area contributed by atoms with Gasteiger partial charge in [-0.2, -0.15) is 0 Å². The van der Waals surface area contributed by atoms with Gasteiger partial charge < -0.3 is 10.2 Å². The summed E-state index contributed by atoms with van der Waals surface area (Å²) < 4.78 is 0. The molecule has 2 N–H and O–H groups in total. The Labute approximate surface area is 76.8 Å². The van der Waals surface area contributed by atoms with Crippen LogP contribution in [-0.4, -0.2) is 22.2 Å². The lowest BCUT2D eigenvalue weighted by atomic mass is 10.6. The number of hydrogen-bond acceptors (Lipinski definition) is 2. The second kappa shape index (κ2) is 16.5. The summed E-state index contributed by atoms with van der Waals surface area (Å²) in [7, 11) is 0. The van der Waals surface area contributed by atoms with Gasteiger partial charge in [-0.1, -0.05) is 13.2 Å². The monoisotopic (exact) mass is 184 g/mol. The Balaban J connectivity index is -0.000000131. The average Bonchev–Trinajstić information content (AvgIpc) is 2.09. The number of aliphatic carboxylic acids is 2. The molecule has 0 aliphatic rings. The quantitative estimate of drug-likeness (QED) is 0.387. The van der Waals surface area contributed by atoms with E-state index in [1.807, 2.05) is 0 Å². The van der Waals surface area contributed by atoms with E-state index in [0.717, 1.165) is 12.2 Å². The van der Waals surface area contributed by atoms with Gasteiger partial charge in [0.2, 0.25) is 0 Å². The Bertz CT molecular complexity index is 212. The third kappa shape index (κ3) is 72.5. The van der Waals surface area contributed by atoms with E-state index in [-0.39, 0.29) is 0 Å². The van der Waals surface area contributed by atoms with Crippen LogP contribution in [0.2, 0.25) is 0 Å². The Hall–Kier alpha value is -2.06. The van der Waals surface area contributed by atoms with Gasteiger partial charge in [0.15, 0.2) is 0 Å². The molecule has 0 unspecified atom stereocenters. The van der Waals surface area contributed by atoms with Crippen LogP contribution >= 0.6 is 0 Å². The molecule has 4 heteroatoms. The van der Waals surface area contributed by atoms with E-state index in [1.165, 1.54) is 0 Å². The minimum absolute atomic E-state index is 0.833. The minimum atomic E-state index is -1.01. The van der Waals surface area contributed by atoms with Crippen molar-refractivity contribution in [1.29, 1.82) is 0 Å². The molecule has 72 valence electrons. The Morgan fingerprint density at radius 2 is 1.46 bits per heavy atom. The zero-order chi connectivity index (χ0) is 11.3. The van der Waals surface area contributed by atoms with Crippen LogP contribution in [0.4, 0.5) is 0 Å². The highest BCUT2D eigenvalue weighted by atomic mass is 16.4. The number of hydrogen-bond donors (Lipinski definition) is 2. The van der Waals surface area contributed by atoms with E-state index < -0.39 is 11.9 Å². The molecule has 0 heterocycles. The summed E-state index contributed by atoms with van der Waals surface area (Å²) in [5.41, 5.74) is 2.09. The molecule has 0 saturated heterocycles. The van der Waals surface area contributed by atoms with Gasteiger partial charge in [0.1, 0.15) is 0 Å². The maximum absolute atomic E-state index is 9.44. The zero-order valence-electron chi connectivity index (χ0n) is 7.19. The normalized spacial score (nSPS) is 5.54. The van der Waals surface area contributed by atoms with Crippen molar-refractivity contribution in [3.63, 3.8) is 0 Å². The van der Waals surface area contributed by atoms with Crippen molar-refractivity contribution < 1.29 is 19.8 Å². The molecule has 0 spiro atoms. The predicted octanol–water partition coefficient (Wildman–Crippen LogP) is 1.47. The van der Waals surface area contributed by atoms with Gasteiger partial charge in [-0.15, -0.1) is 18.9 Å². The summed E-state index contributed by atoms with van der Waals surface area (Å²) in [4.78, 5) is 18.7. The van der Waals surface area contributed by atoms with E-state index in [2.05, 4.69) is 32.0 Å². The van der Waals surface area contributed by atoms with E-state index in [9.17, 15) is 9.59 Å². The Kier molecular flexibility index (Phi) is 21.8. The number of carbonyl (C=O) groups is 2. The van der Waals surface area contributed by atoms with Crippen LogP contribution < -0.4 is 0 Å². The molecule has 4 nitrogen and oxygen atoms in total. The lowest BCUT2D eigenvalue weighted by molar-refractivity contribution is -0.132. The standard InChI is InChI=1S/C4H4O2.C3H4O2.C2H4/c1-2-3-4(5)6;1-2-3(4)5;1-2/h3H,1H2,(H,5,6);2H,1H2,(H,4,5);1-2H2. The highest BCUT2D eigenvalue weighted by molar-refractivity contribution is 5.79. The van der Waals surface area contributed by atoms with Crippen molar-refractivity contribution in [1.82, 2.24) is 0 Å². The van der Waals surface area contributed by atoms with Gasteiger partial charge in [0.25, 0.3) is 0 Å². The van der Waals surface area contributed by atoms with E-state index in [1.54, 1.807) is 0 Å². The van der Waals surface area contributed by atoms with Gasteiger partial charge in [-0.25, -0.2) is 9.59 Å². The predicted molar refractivity (Wildman–Crippen MR) is 50.4 cm³/mol.